The number of aliphatic hydroxyl groups is 1. The topological polar surface area (TPSA) is 53.4 Å². The standard InChI is InChI=1S/C12H18N2O2/c1-9-4-11(12(8-15)5-13-9)7-14(3)6-10(2)16/h4-5,8,10,16H,6-7H2,1-3H3. The van der Waals surface area contributed by atoms with E-state index in [0.717, 1.165) is 17.5 Å². The molecule has 16 heavy (non-hydrogen) atoms. The number of aromatic nitrogens is 1. The summed E-state index contributed by atoms with van der Waals surface area (Å²) in [4.78, 5) is 16.9. The van der Waals surface area contributed by atoms with Crippen LogP contribution >= 0.6 is 0 Å². The van der Waals surface area contributed by atoms with Gasteiger partial charge in [-0.3, -0.25) is 14.7 Å². The molecule has 0 spiro atoms. The van der Waals surface area contributed by atoms with Crippen LogP contribution in [0.15, 0.2) is 12.3 Å². The molecule has 0 saturated heterocycles. The number of hydrogen-bond donors (Lipinski definition) is 1. The Morgan fingerprint density at radius 2 is 2.31 bits per heavy atom. The molecule has 4 nitrogen and oxygen atoms in total. The molecule has 1 unspecified atom stereocenters. The van der Waals surface area contributed by atoms with E-state index in [2.05, 4.69) is 4.98 Å². The highest BCUT2D eigenvalue weighted by Crippen LogP contribution is 2.10. The van der Waals surface area contributed by atoms with E-state index < -0.39 is 0 Å². The van der Waals surface area contributed by atoms with E-state index in [4.69, 9.17) is 0 Å². The molecule has 0 saturated carbocycles. The molecule has 88 valence electrons. The monoisotopic (exact) mass is 222 g/mol. The first-order valence-corrected chi connectivity index (χ1v) is 5.30. The molecule has 1 aromatic heterocycles. The molecule has 0 aromatic carbocycles. The molecule has 0 aliphatic carbocycles. The Hall–Kier alpha value is -1.26. The summed E-state index contributed by atoms with van der Waals surface area (Å²) < 4.78 is 0. The van der Waals surface area contributed by atoms with Crippen LogP contribution in [0, 0.1) is 6.92 Å². The minimum absolute atomic E-state index is 0.368. The molecule has 1 heterocycles. The predicted molar refractivity (Wildman–Crippen MR) is 62.4 cm³/mol. The molecule has 0 aliphatic rings. The van der Waals surface area contributed by atoms with Crippen LogP contribution in [-0.2, 0) is 6.54 Å². The van der Waals surface area contributed by atoms with Crippen LogP contribution < -0.4 is 0 Å². The number of carbonyl (C=O) groups excluding carboxylic acids is 1. The van der Waals surface area contributed by atoms with Crippen molar-refractivity contribution in [1.29, 1.82) is 0 Å². The number of rotatable bonds is 5. The summed E-state index contributed by atoms with van der Waals surface area (Å²) in [6.45, 7) is 4.86. The van der Waals surface area contributed by atoms with Gasteiger partial charge < -0.3 is 5.11 Å². The molecule has 1 rings (SSSR count). The van der Waals surface area contributed by atoms with Crippen molar-refractivity contribution in [3.63, 3.8) is 0 Å². The number of aryl methyl sites for hydroxylation is 1. The van der Waals surface area contributed by atoms with E-state index in [1.807, 2.05) is 24.9 Å². The smallest absolute Gasteiger partial charge is 0.151 e. The lowest BCUT2D eigenvalue weighted by molar-refractivity contribution is 0.112. The highest BCUT2D eigenvalue weighted by atomic mass is 16.3. The zero-order chi connectivity index (χ0) is 12.1. The van der Waals surface area contributed by atoms with Gasteiger partial charge in [0.05, 0.1) is 6.10 Å². The molecule has 0 radical (unpaired) electrons. The summed E-state index contributed by atoms with van der Waals surface area (Å²) in [5.74, 6) is 0. The number of nitrogens with zero attached hydrogens (tertiary/aromatic N) is 2. The van der Waals surface area contributed by atoms with E-state index in [1.54, 1.807) is 13.1 Å². The van der Waals surface area contributed by atoms with Gasteiger partial charge in [-0.1, -0.05) is 0 Å². The van der Waals surface area contributed by atoms with Gasteiger partial charge in [0.2, 0.25) is 0 Å². The second-order valence-corrected chi connectivity index (χ2v) is 4.19. The van der Waals surface area contributed by atoms with Crippen LogP contribution in [0.3, 0.4) is 0 Å². The number of carbonyl (C=O) groups is 1. The minimum Gasteiger partial charge on any atom is -0.392 e. The summed E-state index contributed by atoms with van der Waals surface area (Å²) in [5.41, 5.74) is 2.46. The van der Waals surface area contributed by atoms with Gasteiger partial charge in [0.1, 0.15) is 0 Å². The quantitative estimate of drug-likeness (QED) is 0.756. The maximum absolute atomic E-state index is 10.8. The number of pyridine rings is 1. The molecule has 0 fully saturated rings. The van der Waals surface area contributed by atoms with Crippen molar-refractivity contribution in [3.8, 4) is 0 Å². The molecular formula is C12H18N2O2. The first-order valence-electron chi connectivity index (χ1n) is 5.30. The van der Waals surface area contributed by atoms with Crippen LogP contribution in [0.4, 0.5) is 0 Å². The van der Waals surface area contributed by atoms with Crippen molar-refractivity contribution in [2.45, 2.75) is 26.5 Å². The molecule has 0 aliphatic heterocycles. The summed E-state index contributed by atoms with van der Waals surface area (Å²) in [6.07, 6.45) is 2.04. The van der Waals surface area contributed by atoms with E-state index in [1.165, 1.54) is 0 Å². The SMILES string of the molecule is Cc1cc(CN(C)CC(C)O)c(C=O)cn1. The third-order valence-corrected chi connectivity index (χ3v) is 2.30. The Balaban J connectivity index is 2.78. The van der Waals surface area contributed by atoms with Crippen molar-refractivity contribution in [2.24, 2.45) is 0 Å². The van der Waals surface area contributed by atoms with Crippen LogP contribution in [0.25, 0.3) is 0 Å². The van der Waals surface area contributed by atoms with Crippen LogP contribution in [0.2, 0.25) is 0 Å². The van der Waals surface area contributed by atoms with Crippen molar-refractivity contribution < 1.29 is 9.90 Å². The fourth-order valence-electron chi connectivity index (χ4n) is 1.68. The third kappa shape index (κ3) is 3.72. The highest BCUT2D eigenvalue weighted by molar-refractivity contribution is 5.76. The molecular weight excluding hydrogens is 204 g/mol. The fourth-order valence-corrected chi connectivity index (χ4v) is 1.68. The van der Waals surface area contributed by atoms with Gasteiger partial charge in [0.15, 0.2) is 6.29 Å². The van der Waals surface area contributed by atoms with Crippen LogP contribution in [0.5, 0.6) is 0 Å². The molecule has 0 bridgehead atoms. The van der Waals surface area contributed by atoms with E-state index in [-0.39, 0.29) is 6.10 Å². The van der Waals surface area contributed by atoms with Crippen LogP contribution in [-0.4, -0.2) is 41.0 Å². The number of likely N-dealkylation sites (N-methyl/N-ethyl adjacent to an activating group) is 1. The number of aldehydes is 1. The fraction of sp³-hybridized carbons (Fsp3) is 0.500. The molecule has 1 atom stereocenters. The lowest BCUT2D eigenvalue weighted by Crippen LogP contribution is -2.27. The maximum atomic E-state index is 10.8. The summed E-state index contributed by atoms with van der Waals surface area (Å²) in [5, 5.41) is 9.26. The van der Waals surface area contributed by atoms with E-state index in [0.29, 0.717) is 18.7 Å². The predicted octanol–water partition coefficient (Wildman–Crippen LogP) is 1.02. The normalized spacial score (nSPS) is 12.8. The first kappa shape index (κ1) is 12.8. The highest BCUT2D eigenvalue weighted by Gasteiger charge is 2.08. The van der Waals surface area contributed by atoms with Gasteiger partial charge >= 0.3 is 0 Å². The third-order valence-electron chi connectivity index (χ3n) is 2.30. The summed E-state index contributed by atoms with van der Waals surface area (Å²) >= 11 is 0. The lowest BCUT2D eigenvalue weighted by atomic mass is 10.1. The van der Waals surface area contributed by atoms with Crippen molar-refractivity contribution >= 4 is 6.29 Å². The Labute approximate surface area is 95.9 Å². The molecule has 0 amide bonds. The maximum Gasteiger partial charge on any atom is 0.151 e. The average molecular weight is 222 g/mol. The summed E-state index contributed by atoms with van der Waals surface area (Å²) in [6, 6.07) is 1.91. The van der Waals surface area contributed by atoms with Gasteiger partial charge in [0, 0.05) is 30.5 Å². The average Bonchev–Trinajstić information content (AvgIpc) is 2.16. The molecule has 4 heteroatoms. The van der Waals surface area contributed by atoms with Crippen molar-refractivity contribution in [1.82, 2.24) is 9.88 Å². The molecule has 1 N–H and O–H groups in total. The molecule has 1 aromatic rings. The summed E-state index contributed by atoms with van der Waals surface area (Å²) in [7, 11) is 1.91. The zero-order valence-electron chi connectivity index (χ0n) is 9.97. The largest absolute Gasteiger partial charge is 0.392 e. The van der Waals surface area contributed by atoms with Gasteiger partial charge in [-0.05, 0) is 32.5 Å². The van der Waals surface area contributed by atoms with Gasteiger partial charge in [-0.25, -0.2) is 0 Å². The second kappa shape index (κ2) is 5.72. The van der Waals surface area contributed by atoms with Crippen molar-refractivity contribution in [3.05, 3.63) is 29.1 Å². The zero-order valence-corrected chi connectivity index (χ0v) is 9.97. The Bertz CT molecular complexity index is 364. The minimum atomic E-state index is -0.368. The van der Waals surface area contributed by atoms with Gasteiger partial charge in [-0.15, -0.1) is 0 Å². The number of hydrogen-bond acceptors (Lipinski definition) is 4. The lowest BCUT2D eigenvalue weighted by Gasteiger charge is -2.19. The van der Waals surface area contributed by atoms with E-state index >= 15 is 0 Å². The van der Waals surface area contributed by atoms with Gasteiger partial charge in [0.25, 0.3) is 0 Å². The Morgan fingerprint density at radius 3 is 2.88 bits per heavy atom. The van der Waals surface area contributed by atoms with Crippen LogP contribution in [0.1, 0.15) is 28.5 Å². The van der Waals surface area contributed by atoms with E-state index in [9.17, 15) is 9.90 Å². The van der Waals surface area contributed by atoms with Crippen molar-refractivity contribution in [2.75, 3.05) is 13.6 Å². The Morgan fingerprint density at radius 1 is 1.62 bits per heavy atom. The second-order valence-electron chi connectivity index (χ2n) is 4.19. The first-order chi connectivity index (χ1) is 7.52. The Kier molecular flexibility index (Phi) is 4.58. The van der Waals surface area contributed by atoms with Gasteiger partial charge in [-0.2, -0.15) is 0 Å². The number of aliphatic hydroxyl groups excluding tert-OH is 1.